The summed E-state index contributed by atoms with van der Waals surface area (Å²) in [6.45, 7) is 16.1. The number of nitrogens with one attached hydrogen (secondary N) is 1. The van der Waals surface area contributed by atoms with Crippen LogP contribution in [0.5, 0.6) is 0 Å². The second-order valence-electron chi connectivity index (χ2n) is 8.73. The topological polar surface area (TPSA) is 57.6 Å². The van der Waals surface area contributed by atoms with Crippen LogP contribution in [-0.2, 0) is 6.54 Å². The Labute approximate surface area is 170 Å². The van der Waals surface area contributed by atoms with Gasteiger partial charge in [-0.2, -0.15) is 0 Å². The minimum atomic E-state index is -0.279. The fourth-order valence-corrected chi connectivity index (χ4v) is 4.47. The van der Waals surface area contributed by atoms with Crippen LogP contribution in [0.1, 0.15) is 45.1 Å². The fourth-order valence-electron chi connectivity index (χ4n) is 3.58. The number of fused-ring (bicyclic) bond motifs is 1. The van der Waals surface area contributed by atoms with E-state index in [0.717, 1.165) is 15.8 Å². The molecule has 1 aliphatic rings. The van der Waals surface area contributed by atoms with E-state index in [1.165, 1.54) is 0 Å². The third-order valence-electron chi connectivity index (χ3n) is 4.81. The molecule has 2 aromatic heterocycles. The van der Waals surface area contributed by atoms with Crippen LogP contribution in [0.15, 0.2) is 29.7 Å². The lowest BCUT2D eigenvalue weighted by Crippen LogP contribution is -2.59. The Morgan fingerprint density at radius 2 is 2.04 bits per heavy atom. The lowest BCUT2D eigenvalue weighted by atomic mass is 10.1. The van der Waals surface area contributed by atoms with Gasteiger partial charge in [-0.3, -0.25) is 4.79 Å². The standard InChI is InChI=1S/C21H30N4O2S/c1-14(2)12-25-17(11-16-7-10-28-19(16)25)18(26)23-8-9-24(15(3)13-23)20(27)22-21(4,5)6/h7,10-11,15H,1,8-9,12-13H2,2-6H3,(H,22,27). The number of nitrogens with zero attached hydrogens (tertiary/aromatic N) is 3. The SMILES string of the molecule is C=C(C)Cn1c(C(=O)N2CCN(C(=O)NC(C)(C)C)C(C)C2)cc2ccsc21. The van der Waals surface area contributed by atoms with E-state index in [1.54, 1.807) is 11.3 Å². The second-order valence-corrected chi connectivity index (χ2v) is 9.62. The first-order valence-corrected chi connectivity index (χ1v) is 10.5. The van der Waals surface area contributed by atoms with Crippen LogP contribution in [-0.4, -0.2) is 57.5 Å². The molecule has 1 fully saturated rings. The average molecular weight is 403 g/mol. The Morgan fingerprint density at radius 1 is 1.32 bits per heavy atom. The van der Waals surface area contributed by atoms with Crippen LogP contribution in [0, 0.1) is 0 Å². The highest BCUT2D eigenvalue weighted by molar-refractivity contribution is 7.16. The molecule has 6 nitrogen and oxygen atoms in total. The van der Waals surface area contributed by atoms with E-state index in [4.69, 9.17) is 0 Å². The number of allylic oxidation sites excluding steroid dienone is 1. The highest BCUT2D eigenvalue weighted by atomic mass is 32.1. The lowest BCUT2D eigenvalue weighted by molar-refractivity contribution is 0.0564. The average Bonchev–Trinajstić information content (AvgIpc) is 3.14. The number of carbonyl (C=O) groups is 2. The maximum Gasteiger partial charge on any atom is 0.318 e. The Kier molecular flexibility index (Phi) is 5.57. The van der Waals surface area contributed by atoms with Gasteiger partial charge >= 0.3 is 6.03 Å². The summed E-state index contributed by atoms with van der Waals surface area (Å²) in [5, 5.41) is 6.14. The lowest BCUT2D eigenvalue weighted by Gasteiger charge is -2.41. The van der Waals surface area contributed by atoms with Gasteiger partial charge in [-0.1, -0.05) is 12.2 Å². The highest BCUT2D eigenvalue weighted by Crippen LogP contribution is 2.27. The van der Waals surface area contributed by atoms with E-state index in [2.05, 4.69) is 16.5 Å². The van der Waals surface area contributed by atoms with Crippen molar-refractivity contribution in [2.75, 3.05) is 19.6 Å². The number of hydrogen-bond donors (Lipinski definition) is 1. The molecule has 0 aromatic carbocycles. The van der Waals surface area contributed by atoms with Gasteiger partial charge < -0.3 is 19.7 Å². The van der Waals surface area contributed by atoms with E-state index in [0.29, 0.717) is 31.9 Å². The Morgan fingerprint density at radius 3 is 2.64 bits per heavy atom. The van der Waals surface area contributed by atoms with Crippen molar-refractivity contribution in [1.29, 1.82) is 0 Å². The van der Waals surface area contributed by atoms with E-state index in [1.807, 2.05) is 61.9 Å². The number of urea groups is 1. The van der Waals surface area contributed by atoms with Gasteiger partial charge in [0.05, 0.1) is 0 Å². The molecule has 28 heavy (non-hydrogen) atoms. The summed E-state index contributed by atoms with van der Waals surface area (Å²) in [6, 6.07) is 3.91. The Balaban J connectivity index is 1.76. The van der Waals surface area contributed by atoms with Crippen LogP contribution in [0.2, 0.25) is 0 Å². The number of piperazine rings is 1. The van der Waals surface area contributed by atoms with Crippen molar-refractivity contribution in [3.63, 3.8) is 0 Å². The van der Waals surface area contributed by atoms with Crippen molar-refractivity contribution in [2.24, 2.45) is 0 Å². The summed E-state index contributed by atoms with van der Waals surface area (Å²) in [6.07, 6.45) is 0. The first-order chi connectivity index (χ1) is 13.1. The molecule has 2 aromatic rings. The van der Waals surface area contributed by atoms with Gasteiger partial charge in [-0.15, -0.1) is 11.3 Å². The molecular weight excluding hydrogens is 372 g/mol. The van der Waals surface area contributed by atoms with Crippen molar-refractivity contribution in [1.82, 2.24) is 19.7 Å². The molecule has 1 unspecified atom stereocenters. The van der Waals surface area contributed by atoms with Gasteiger partial charge in [0.1, 0.15) is 10.5 Å². The minimum absolute atomic E-state index is 0.0207. The second kappa shape index (κ2) is 7.62. The third-order valence-corrected chi connectivity index (χ3v) is 5.76. The normalized spacial score (nSPS) is 17.8. The first kappa shape index (κ1) is 20.5. The molecule has 0 spiro atoms. The molecule has 0 saturated carbocycles. The third kappa shape index (κ3) is 4.24. The van der Waals surface area contributed by atoms with Gasteiger partial charge in [0.25, 0.3) is 5.91 Å². The summed E-state index contributed by atoms with van der Waals surface area (Å²) in [7, 11) is 0. The van der Waals surface area contributed by atoms with E-state index >= 15 is 0 Å². The number of hydrogen-bond acceptors (Lipinski definition) is 3. The molecule has 3 heterocycles. The summed E-state index contributed by atoms with van der Waals surface area (Å²) in [4.78, 5) is 30.6. The van der Waals surface area contributed by atoms with Gasteiger partial charge in [0.15, 0.2) is 0 Å². The molecule has 0 bridgehead atoms. The quantitative estimate of drug-likeness (QED) is 0.791. The zero-order valence-electron chi connectivity index (χ0n) is 17.4. The van der Waals surface area contributed by atoms with Crippen molar-refractivity contribution < 1.29 is 9.59 Å². The van der Waals surface area contributed by atoms with Gasteiger partial charge in [0, 0.05) is 43.1 Å². The number of amides is 3. The smallest absolute Gasteiger partial charge is 0.318 e. The Bertz CT molecular complexity index is 905. The summed E-state index contributed by atoms with van der Waals surface area (Å²) in [5.74, 6) is 0.0207. The monoisotopic (exact) mass is 402 g/mol. The number of carbonyl (C=O) groups excluding carboxylic acids is 2. The summed E-state index contributed by atoms with van der Waals surface area (Å²) in [5.41, 5.74) is 1.43. The van der Waals surface area contributed by atoms with Crippen molar-refractivity contribution in [3.05, 3.63) is 35.4 Å². The highest BCUT2D eigenvalue weighted by Gasteiger charge is 2.32. The largest absolute Gasteiger partial charge is 0.334 e. The van der Waals surface area contributed by atoms with E-state index < -0.39 is 0 Å². The predicted molar refractivity (Wildman–Crippen MR) is 115 cm³/mol. The van der Waals surface area contributed by atoms with Crippen molar-refractivity contribution >= 4 is 33.5 Å². The Hall–Kier alpha value is -2.28. The molecule has 7 heteroatoms. The maximum absolute atomic E-state index is 13.3. The van der Waals surface area contributed by atoms with Crippen LogP contribution in [0.4, 0.5) is 4.79 Å². The van der Waals surface area contributed by atoms with Crippen LogP contribution in [0.25, 0.3) is 10.2 Å². The molecule has 0 aliphatic carbocycles. The minimum Gasteiger partial charge on any atom is -0.334 e. The molecular formula is C21H30N4O2S. The molecule has 0 radical (unpaired) electrons. The molecule has 152 valence electrons. The maximum atomic E-state index is 13.3. The number of aromatic nitrogens is 1. The molecule has 1 saturated heterocycles. The van der Waals surface area contributed by atoms with Crippen LogP contribution >= 0.6 is 11.3 Å². The molecule has 3 amide bonds. The number of thiophene rings is 1. The molecule has 3 rings (SSSR count). The fraction of sp³-hybridized carbons (Fsp3) is 0.524. The summed E-state index contributed by atoms with van der Waals surface area (Å²) < 4.78 is 2.06. The van der Waals surface area contributed by atoms with Gasteiger partial charge in [0.2, 0.25) is 0 Å². The molecule has 1 aliphatic heterocycles. The van der Waals surface area contributed by atoms with Gasteiger partial charge in [-0.05, 0) is 52.1 Å². The number of rotatable bonds is 3. The zero-order valence-corrected chi connectivity index (χ0v) is 18.2. The van der Waals surface area contributed by atoms with Crippen LogP contribution < -0.4 is 5.32 Å². The van der Waals surface area contributed by atoms with Gasteiger partial charge in [-0.25, -0.2) is 4.79 Å². The van der Waals surface area contributed by atoms with E-state index in [-0.39, 0.29) is 23.5 Å². The predicted octanol–water partition coefficient (Wildman–Crippen LogP) is 3.93. The van der Waals surface area contributed by atoms with E-state index in [9.17, 15) is 9.59 Å². The zero-order chi connectivity index (χ0) is 20.6. The van der Waals surface area contributed by atoms with Crippen LogP contribution in [0.3, 0.4) is 0 Å². The first-order valence-electron chi connectivity index (χ1n) is 9.66. The molecule has 1 N–H and O–H groups in total. The van der Waals surface area contributed by atoms with Crippen molar-refractivity contribution in [3.8, 4) is 0 Å². The molecule has 1 atom stereocenters. The summed E-state index contributed by atoms with van der Waals surface area (Å²) >= 11 is 1.64. The van der Waals surface area contributed by atoms with Crippen molar-refractivity contribution in [2.45, 2.75) is 52.7 Å².